The Balaban J connectivity index is 1.58. The van der Waals surface area contributed by atoms with E-state index in [9.17, 15) is 14.4 Å². The number of hydrogen-bond acceptors (Lipinski definition) is 4. The van der Waals surface area contributed by atoms with Crippen molar-refractivity contribution in [1.29, 1.82) is 0 Å². The fourth-order valence-corrected chi connectivity index (χ4v) is 4.92. The Morgan fingerprint density at radius 2 is 1.33 bits per heavy atom. The van der Waals surface area contributed by atoms with Crippen molar-refractivity contribution in [1.82, 2.24) is 23.6 Å². The summed E-state index contributed by atoms with van der Waals surface area (Å²) >= 11 is 0. The maximum absolute atomic E-state index is 13.7. The van der Waals surface area contributed by atoms with Crippen LogP contribution < -0.4 is 11.2 Å². The molecule has 3 heterocycles. The number of fused-ring (bicyclic) bond motifs is 1. The number of likely N-dealkylation sites (tertiary alicyclic amines) is 1. The van der Waals surface area contributed by atoms with Gasteiger partial charge in [-0.05, 0) is 24.0 Å². The molecule has 0 aliphatic carbocycles. The highest BCUT2D eigenvalue weighted by molar-refractivity contribution is 5.77. The molecule has 5 rings (SSSR count). The van der Waals surface area contributed by atoms with Gasteiger partial charge in [-0.1, -0.05) is 79.9 Å². The molecule has 1 aliphatic heterocycles. The lowest BCUT2D eigenvalue weighted by atomic mass is 10.1. The van der Waals surface area contributed by atoms with Gasteiger partial charge in [-0.25, -0.2) is 14.3 Å². The van der Waals surface area contributed by atoms with Crippen LogP contribution in [-0.4, -0.2) is 42.6 Å². The number of benzene rings is 2. The third-order valence-electron chi connectivity index (χ3n) is 6.87. The van der Waals surface area contributed by atoms with Crippen LogP contribution in [0.25, 0.3) is 11.2 Å². The molecule has 186 valence electrons. The lowest BCUT2D eigenvalue weighted by molar-refractivity contribution is -0.132. The zero-order valence-electron chi connectivity index (χ0n) is 20.4. The van der Waals surface area contributed by atoms with E-state index in [-0.39, 0.29) is 19.0 Å². The molecule has 1 saturated heterocycles. The second-order valence-electron chi connectivity index (χ2n) is 9.42. The highest BCUT2D eigenvalue weighted by Crippen LogP contribution is 2.14. The van der Waals surface area contributed by atoms with Gasteiger partial charge in [0.1, 0.15) is 6.54 Å². The first-order chi connectivity index (χ1) is 17.6. The van der Waals surface area contributed by atoms with Crippen LogP contribution in [0.15, 0.2) is 76.6 Å². The molecule has 4 aromatic rings. The van der Waals surface area contributed by atoms with Gasteiger partial charge in [0, 0.05) is 19.6 Å². The third kappa shape index (κ3) is 5.03. The number of carbonyl (C=O) groups excluding carboxylic acids is 1. The second-order valence-corrected chi connectivity index (χ2v) is 9.42. The quantitative estimate of drug-likeness (QED) is 0.420. The zero-order valence-corrected chi connectivity index (χ0v) is 20.4. The number of amides is 1. The van der Waals surface area contributed by atoms with Crippen LogP contribution >= 0.6 is 0 Å². The summed E-state index contributed by atoms with van der Waals surface area (Å²) in [6.45, 7) is 1.77. The molecule has 1 aliphatic rings. The van der Waals surface area contributed by atoms with Gasteiger partial charge in [-0.2, -0.15) is 0 Å². The molecule has 36 heavy (non-hydrogen) atoms. The topological polar surface area (TPSA) is 82.1 Å². The summed E-state index contributed by atoms with van der Waals surface area (Å²) in [6, 6.07) is 19.4. The molecular formula is C28H31N5O3. The lowest BCUT2D eigenvalue weighted by Gasteiger charge is -2.25. The van der Waals surface area contributed by atoms with E-state index in [1.807, 2.05) is 60.7 Å². The Labute approximate surface area is 209 Å². The van der Waals surface area contributed by atoms with Gasteiger partial charge in [0.2, 0.25) is 5.91 Å². The molecule has 2 aromatic carbocycles. The lowest BCUT2D eigenvalue weighted by Crippen LogP contribution is -2.46. The number of hydrogen-bond donors (Lipinski definition) is 0. The Morgan fingerprint density at radius 3 is 1.97 bits per heavy atom. The highest BCUT2D eigenvalue weighted by Gasteiger charge is 2.22. The molecule has 0 spiro atoms. The number of imidazole rings is 1. The summed E-state index contributed by atoms with van der Waals surface area (Å²) in [5.41, 5.74) is 1.60. The molecule has 8 heteroatoms. The van der Waals surface area contributed by atoms with Crippen molar-refractivity contribution in [3.8, 4) is 0 Å². The van der Waals surface area contributed by atoms with E-state index >= 15 is 0 Å². The van der Waals surface area contributed by atoms with Crippen molar-refractivity contribution in [2.24, 2.45) is 0 Å². The standard InChI is InChI=1S/C28H31N5O3/c34-24(30-16-10-2-1-3-11-17-30)20-33-27(35)25-26(29-21-31(25)18-22-12-6-4-7-13-22)32(28(33)36)19-23-14-8-5-9-15-23/h4-9,12-15,21H,1-3,10-11,16-20H2. The van der Waals surface area contributed by atoms with E-state index in [2.05, 4.69) is 4.98 Å². The predicted molar refractivity (Wildman–Crippen MR) is 139 cm³/mol. The number of carbonyl (C=O) groups is 1. The summed E-state index contributed by atoms with van der Waals surface area (Å²) in [7, 11) is 0. The van der Waals surface area contributed by atoms with Crippen molar-refractivity contribution in [3.05, 3.63) is 99.0 Å². The minimum atomic E-state index is -0.512. The molecule has 0 radical (unpaired) electrons. The minimum Gasteiger partial charge on any atom is -0.341 e. The van der Waals surface area contributed by atoms with E-state index in [0.717, 1.165) is 41.4 Å². The first kappa shape index (κ1) is 23.8. The Bertz CT molecular complexity index is 1450. The summed E-state index contributed by atoms with van der Waals surface area (Å²) < 4.78 is 4.37. The predicted octanol–water partition coefficient (Wildman–Crippen LogP) is 3.25. The van der Waals surface area contributed by atoms with Crippen molar-refractivity contribution >= 4 is 17.1 Å². The Kier molecular flexibility index (Phi) is 7.11. The maximum atomic E-state index is 13.7. The van der Waals surface area contributed by atoms with Gasteiger partial charge in [0.25, 0.3) is 5.56 Å². The Hall–Kier alpha value is -3.94. The van der Waals surface area contributed by atoms with Gasteiger partial charge in [-0.15, -0.1) is 0 Å². The first-order valence-electron chi connectivity index (χ1n) is 12.7. The van der Waals surface area contributed by atoms with Crippen molar-refractivity contribution < 1.29 is 4.79 Å². The van der Waals surface area contributed by atoms with E-state index in [0.29, 0.717) is 30.8 Å². The molecule has 1 fully saturated rings. The molecular weight excluding hydrogens is 454 g/mol. The average Bonchev–Trinajstić information content (AvgIpc) is 3.29. The normalized spacial score (nSPS) is 14.5. The monoisotopic (exact) mass is 485 g/mol. The van der Waals surface area contributed by atoms with Gasteiger partial charge < -0.3 is 9.47 Å². The SMILES string of the molecule is O=C(Cn1c(=O)c2c(ncn2Cc2ccccc2)n(Cc2ccccc2)c1=O)N1CCCCCCC1. The van der Waals surface area contributed by atoms with E-state index < -0.39 is 11.2 Å². The number of nitrogens with zero attached hydrogens (tertiary/aromatic N) is 5. The van der Waals surface area contributed by atoms with E-state index in [4.69, 9.17) is 0 Å². The van der Waals surface area contributed by atoms with Crippen LogP contribution in [0.4, 0.5) is 0 Å². The van der Waals surface area contributed by atoms with Gasteiger partial charge in [0.05, 0.1) is 12.9 Å². The van der Waals surface area contributed by atoms with Crippen LogP contribution in [0.1, 0.15) is 43.2 Å². The fraction of sp³-hybridized carbons (Fsp3) is 0.357. The molecule has 0 unspecified atom stereocenters. The van der Waals surface area contributed by atoms with E-state index in [1.54, 1.807) is 15.8 Å². The Morgan fingerprint density at radius 1 is 0.750 bits per heavy atom. The summed E-state index contributed by atoms with van der Waals surface area (Å²) in [5, 5.41) is 0. The van der Waals surface area contributed by atoms with Crippen molar-refractivity contribution in [3.63, 3.8) is 0 Å². The van der Waals surface area contributed by atoms with Crippen LogP contribution in [0.3, 0.4) is 0 Å². The highest BCUT2D eigenvalue weighted by atomic mass is 16.2. The number of aromatic nitrogens is 4. The van der Waals surface area contributed by atoms with Crippen LogP contribution in [0.5, 0.6) is 0 Å². The summed E-state index contributed by atoms with van der Waals surface area (Å²) in [6.07, 6.45) is 6.87. The van der Waals surface area contributed by atoms with Crippen LogP contribution in [0, 0.1) is 0 Å². The third-order valence-corrected chi connectivity index (χ3v) is 6.87. The zero-order chi connectivity index (χ0) is 24.9. The molecule has 0 saturated carbocycles. The largest absolute Gasteiger partial charge is 0.341 e. The van der Waals surface area contributed by atoms with Crippen LogP contribution in [0.2, 0.25) is 0 Å². The maximum Gasteiger partial charge on any atom is 0.333 e. The molecule has 0 bridgehead atoms. The molecule has 2 aromatic heterocycles. The van der Waals surface area contributed by atoms with Crippen molar-refractivity contribution in [2.75, 3.05) is 13.1 Å². The first-order valence-corrected chi connectivity index (χ1v) is 12.7. The molecule has 8 nitrogen and oxygen atoms in total. The van der Waals surface area contributed by atoms with E-state index in [1.165, 1.54) is 11.0 Å². The smallest absolute Gasteiger partial charge is 0.333 e. The second kappa shape index (κ2) is 10.8. The van der Waals surface area contributed by atoms with Gasteiger partial charge in [-0.3, -0.25) is 14.2 Å². The summed E-state index contributed by atoms with van der Waals surface area (Å²) in [5.74, 6) is -0.184. The number of rotatable bonds is 6. The fourth-order valence-electron chi connectivity index (χ4n) is 4.92. The molecule has 0 atom stereocenters. The molecule has 0 N–H and O–H groups in total. The van der Waals surface area contributed by atoms with Crippen molar-refractivity contribution in [2.45, 2.75) is 51.7 Å². The summed E-state index contributed by atoms with van der Waals surface area (Å²) in [4.78, 5) is 46.8. The van der Waals surface area contributed by atoms with Gasteiger partial charge >= 0.3 is 5.69 Å². The minimum absolute atomic E-state index is 0.184. The van der Waals surface area contributed by atoms with Crippen LogP contribution in [-0.2, 0) is 24.4 Å². The average molecular weight is 486 g/mol. The molecule has 1 amide bonds. The van der Waals surface area contributed by atoms with Gasteiger partial charge in [0.15, 0.2) is 11.2 Å².